The molecule has 0 fully saturated rings. The maximum atomic E-state index is 12.0. The SMILES string of the molecule is CC(=O)Nc1cccc(NC(=O)CCNc2cc(C)cc(C)c2)c1. The summed E-state index contributed by atoms with van der Waals surface area (Å²) in [5.41, 5.74) is 4.73. The Kier molecular flexibility index (Phi) is 5.95. The van der Waals surface area contributed by atoms with Gasteiger partial charge in [0.1, 0.15) is 0 Å². The van der Waals surface area contributed by atoms with Crippen molar-refractivity contribution < 1.29 is 9.59 Å². The van der Waals surface area contributed by atoms with Gasteiger partial charge in [-0.05, 0) is 55.3 Å². The number of carbonyl (C=O) groups excluding carboxylic acids is 2. The molecule has 2 aromatic carbocycles. The minimum absolute atomic E-state index is 0.0770. The highest BCUT2D eigenvalue weighted by Gasteiger charge is 2.04. The van der Waals surface area contributed by atoms with Crippen molar-refractivity contribution in [2.45, 2.75) is 27.2 Å². The monoisotopic (exact) mass is 325 g/mol. The van der Waals surface area contributed by atoms with Crippen molar-refractivity contribution in [3.63, 3.8) is 0 Å². The molecule has 0 aliphatic heterocycles. The van der Waals surface area contributed by atoms with E-state index in [1.54, 1.807) is 24.3 Å². The molecule has 126 valence electrons. The van der Waals surface area contributed by atoms with Gasteiger partial charge in [-0.25, -0.2) is 0 Å². The molecule has 0 aromatic heterocycles. The second-order valence-electron chi connectivity index (χ2n) is 5.86. The van der Waals surface area contributed by atoms with E-state index in [1.807, 2.05) is 13.8 Å². The molecule has 3 N–H and O–H groups in total. The van der Waals surface area contributed by atoms with Crippen molar-refractivity contribution in [3.8, 4) is 0 Å². The fourth-order valence-electron chi connectivity index (χ4n) is 2.50. The Morgan fingerprint density at radius 3 is 2.12 bits per heavy atom. The maximum absolute atomic E-state index is 12.0. The van der Waals surface area contributed by atoms with Crippen molar-refractivity contribution in [1.29, 1.82) is 0 Å². The van der Waals surface area contributed by atoms with E-state index in [4.69, 9.17) is 0 Å². The zero-order valence-corrected chi connectivity index (χ0v) is 14.3. The highest BCUT2D eigenvalue weighted by Crippen LogP contribution is 2.16. The Morgan fingerprint density at radius 1 is 0.875 bits per heavy atom. The molecule has 5 nitrogen and oxygen atoms in total. The van der Waals surface area contributed by atoms with E-state index in [2.05, 4.69) is 34.1 Å². The standard InChI is InChI=1S/C19H23N3O2/c1-13-9-14(2)11-18(10-13)20-8-7-19(24)22-17-6-4-5-16(12-17)21-15(3)23/h4-6,9-12,20H,7-8H2,1-3H3,(H,21,23)(H,22,24). The fourth-order valence-corrected chi connectivity index (χ4v) is 2.50. The number of anilines is 3. The summed E-state index contributed by atoms with van der Waals surface area (Å²) in [7, 11) is 0. The van der Waals surface area contributed by atoms with Crippen LogP contribution < -0.4 is 16.0 Å². The number of aryl methyl sites for hydroxylation is 2. The summed E-state index contributed by atoms with van der Waals surface area (Å²) < 4.78 is 0. The first-order valence-electron chi connectivity index (χ1n) is 7.92. The maximum Gasteiger partial charge on any atom is 0.226 e. The average Bonchev–Trinajstić information content (AvgIpc) is 2.45. The van der Waals surface area contributed by atoms with Gasteiger partial charge in [0.2, 0.25) is 11.8 Å². The van der Waals surface area contributed by atoms with Gasteiger partial charge < -0.3 is 16.0 Å². The number of amides is 2. The molecule has 5 heteroatoms. The van der Waals surface area contributed by atoms with Gasteiger partial charge >= 0.3 is 0 Å². The van der Waals surface area contributed by atoms with Gasteiger partial charge in [-0.1, -0.05) is 12.1 Å². The number of carbonyl (C=O) groups is 2. The van der Waals surface area contributed by atoms with Crippen LogP contribution in [0.25, 0.3) is 0 Å². The van der Waals surface area contributed by atoms with Crippen LogP contribution in [-0.2, 0) is 9.59 Å². The zero-order valence-electron chi connectivity index (χ0n) is 14.3. The summed E-state index contributed by atoms with van der Waals surface area (Å²) in [6, 6.07) is 13.3. The third-order valence-electron chi connectivity index (χ3n) is 3.37. The summed E-state index contributed by atoms with van der Waals surface area (Å²) in [6.07, 6.45) is 0.358. The molecule has 24 heavy (non-hydrogen) atoms. The van der Waals surface area contributed by atoms with Crippen LogP contribution in [-0.4, -0.2) is 18.4 Å². The second-order valence-corrected chi connectivity index (χ2v) is 5.86. The average molecular weight is 325 g/mol. The molecule has 2 amide bonds. The second kappa shape index (κ2) is 8.15. The van der Waals surface area contributed by atoms with Crippen LogP contribution in [0.2, 0.25) is 0 Å². The molecule has 0 spiro atoms. The van der Waals surface area contributed by atoms with Crippen LogP contribution in [0.3, 0.4) is 0 Å². The summed E-state index contributed by atoms with van der Waals surface area (Å²) in [6.45, 7) is 6.10. The molecule has 0 bridgehead atoms. The number of rotatable bonds is 6. The van der Waals surface area contributed by atoms with E-state index in [0.29, 0.717) is 24.3 Å². The van der Waals surface area contributed by atoms with Crippen LogP contribution in [0.1, 0.15) is 24.5 Å². The summed E-state index contributed by atoms with van der Waals surface area (Å²) in [4.78, 5) is 23.1. The molecular weight excluding hydrogens is 302 g/mol. The highest BCUT2D eigenvalue weighted by atomic mass is 16.2. The first-order valence-corrected chi connectivity index (χ1v) is 7.92. The smallest absolute Gasteiger partial charge is 0.226 e. The van der Waals surface area contributed by atoms with E-state index < -0.39 is 0 Å². The van der Waals surface area contributed by atoms with Crippen molar-refractivity contribution >= 4 is 28.9 Å². The molecule has 0 radical (unpaired) electrons. The van der Waals surface area contributed by atoms with Gasteiger partial charge in [-0.3, -0.25) is 9.59 Å². The molecular formula is C19H23N3O2. The first kappa shape index (κ1) is 17.5. The Balaban J connectivity index is 1.84. The van der Waals surface area contributed by atoms with E-state index in [9.17, 15) is 9.59 Å². The number of nitrogens with one attached hydrogen (secondary N) is 3. The van der Waals surface area contributed by atoms with Gasteiger partial charge in [0.25, 0.3) is 0 Å². The van der Waals surface area contributed by atoms with E-state index in [-0.39, 0.29) is 11.8 Å². The quantitative estimate of drug-likeness (QED) is 0.758. The summed E-state index contributed by atoms with van der Waals surface area (Å²) in [5, 5.41) is 8.79. The Hall–Kier alpha value is -2.82. The lowest BCUT2D eigenvalue weighted by molar-refractivity contribution is -0.116. The Bertz CT molecular complexity index is 721. The van der Waals surface area contributed by atoms with Gasteiger partial charge in [0, 0.05) is 37.0 Å². The number of hydrogen-bond donors (Lipinski definition) is 3. The van der Waals surface area contributed by atoms with Crippen LogP contribution in [0, 0.1) is 13.8 Å². The van der Waals surface area contributed by atoms with E-state index >= 15 is 0 Å². The fraction of sp³-hybridized carbons (Fsp3) is 0.263. The highest BCUT2D eigenvalue weighted by molar-refractivity contribution is 5.93. The molecule has 0 aliphatic carbocycles. The van der Waals surface area contributed by atoms with Crippen LogP contribution in [0.5, 0.6) is 0 Å². The lowest BCUT2D eigenvalue weighted by Crippen LogP contribution is -2.16. The molecule has 0 saturated heterocycles. The third kappa shape index (κ3) is 5.76. The topological polar surface area (TPSA) is 70.2 Å². The van der Waals surface area contributed by atoms with Crippen LogP contribution >= 0.6 is 0 Å². The largest absolute Gasteiger partial charge is 0.385 e. The van der Waals surface area contributed by atoms with Crippen LogP contribution in [0.15, 0.2) is 42.5 Å². The molecule has 0 unspecified atom stereocenters. The number of hydrogen-bond acceptors (Lipinski definition) is 3. The van der Waals surface area contributed by atoms with Crippen molar-refractivity contribution in [2.75, 3.05) is 22.5 Å². The van der Waals surface area contributed by atoms with Gasteiger partial charge in [-0.2, -0.15) is 0 Å². The minimum atomic E-state index is -0.142. The first-order chi connectivity index (χ1) is 11.4. The summed E-state index contributed by atoms with van der Waals surface area (Å²) in [5.74, 6) is -0.219. The van der Waals surface area contributed by atoms with E-state index in [0.717, 1.165) is 5.69 Å². The molecule has 0 heterocycles. The molecule has 0 aliphatic rings. The number of benzene rings is 2. The molecule has 0 atom stereocenters. The molecule has 2 aromatic rings. The molecule has 0 saturated carbocycles. The van der Waals surface area contributed by atoms with Gasteiger partial charge in [0.05, 0.1) is 0 Å². The predicted molar refractivity (Wildman–Crippen MR) is 98.4 cm³/mol. The Labute approximate surface area is 142 Å². The summed E-state index contributed by atoms with van der Waals surface area (Å²) >= 11 is 0. The van der Waals surface area contributed by atoms with E-state index in [1.165, 1.54) is 18.1 Å². The zero-order chi connectivity index (χ0) is 17.5. The molecule has 2 rings (SSSR count). The third-order valence-corrected chi connectivity index (χ3v) is 3.37. The van der Waals surface area contributed by atoms with Crippen LogP contribution in [0.4, 0.5) is 17.1 Å². The van der Waals surface area contributed by atoms with Crippen molar-refractivity contribution in [3.05, 3.63) is 53.6 Å². The Morgan fingerprint density at radius 2 is 1.50 bits per heavy atom. The van der Waals surface area contributed by atoms with Crippen molar-refractivity contribution in [2.24, 2.45) is 0 Å². The predicted octanol–water partition coefficient (Wildman–Crippen LogP) is 3.70. The van der Waals surface area contributed by atoms with Gasteiger partial charge in [-0.15, -0.1) is 0 Å². The lowest BCUT2D eigenvalue weighted by Gasteiger charge is -2.10. The van der Waals surface area contributed by atoms with Gasteiger partial charge in [0.15, 0.2) is 0 Å². The normalized spacial score (nSPS) is 10.1. The minimum Gasteiger partial charge on any atom is -0.385 e. The van der Waals surface area contributed by atoms with Crippen molar-refractivity contribution in [1.82, 2.24) is 0 Å². The lowest BCUT2D eigenvalue weighted by atomic mass is 10.1.